The van der Waals surface area contributed by atoms with Crippen LogP contribution in [0.1, 0.15) is 11.7 Å². The summed E-state index contributed by atoms with van der Waals surface area (Å²) in [5.74, 6) is 0. The summed E-state index contributed by atoms with van der Waals surface area (Å²) in [6.45, 7) is -0.189. The van der Waals surface area contributed by atoms with Crippen molar-refractivity contribution in [3.8, 4) is 0 Å². The Morgan fingerprint density at radius 1 is 1.35 bits per heavy atom. The molecular weight excluding hydrogens is 224 g/mol. The number of nitro benzene ring substituents is 1. The summed E-state index contributed by atoms with van der Waals surface area (Å²) in [4.78, 5) is 11.7. The van der Waals surface area contributed by atoms with E-state index < -0.39 is 17.1 Å². The number of benzene rings is 1. The van der Waals surface area contributed by atoms with E-state index in [1.165, 1.54) is 24.3 Å². The van der Waals surface area contributed by atoms with Crippen LogP contribution in [0.2, 0.25) is 0 Å². The first-order valence-corrected chi connectivity index (χ1v) is 5.17. The van der Waals surface area contributed by atoms with Gasteiger partial charge < -0.3 is 15.1 Å². The topological polar surface area (TPSA) is 86.8 Å². The van der Waals surface area contributed by atoms with Crippen LogP contribution in [-0.4, -0.2) is 46.8 Å². The smallest absolute Gasteiger partial charge is 0.269 e. The second kappa shape index (κ2) is 5.72. The highest BCUT2D eigenvalue weighted by atomic mass is 16.6. The molecule has 0 radical (unpaired) electrons. The van der Waals surface area contributed by atoms with E-state index in [0.29, 0.717) is 5.56 Å². The van der Waals surface area contributed by atoms with Gasteiger partial charge in [0.2, 0.25) is 0 Å². The number of nitro groups is 1. The quantitative estimate of drug-likeness (QED) is 0.579. The van der Waals surface area contributed by atoms with E-state index in [4.69, 9.17) is 5.11 Å². The molecule has 6 heteroatoms. The summed E-state index contributed by atoms with van der Waals surface area (Å²) in [5, 5.41) is 29.6. The van der Waals surface area contributed by atoms with Gasteiger partial charge in [0, 0.05) is 12.1 Å². The maximum atomic E-state index is 10.5. The zero-order chi connectivity index (χ0) is 13.0. The van der Waals surface area contributed by atoms with Crippen molar-refractivity contribution in [3.05, 3.63) is 39.9 Å². The van der Waals surface area contributed by atoms with Crippen LogP contribution in [0, 0.1) is 10.1 Å². The van der Waals surface area contributed by atoms with Crippen molar-refractivity contribution in [2.75, 3.05) is 20.7 Å². The van der Waals surface area contributed by atoms with Gasteiger partial charge in [-0.2, -0.15) is 0 Å². The lowest BCUT2D eigenvalue weighted by Crippen LogP contribution is -2.37. The number of likely N-dealkylation sites (N-methyl/N-ethyl adjacent to an activating group) is 1. The Morgan fingerprint density at radius 3 is 2.24 bits per heavy atom. The van der Waals surface area contributed by atoms with Gasteiger partial charge >= 0.3 is 0 Å². The highest BCUT2D eigenvalue weighted by molar-refractivity contribution is 5.34. The summed E-state index contributed by atoms with van der Waals surface area (Å²) in [5.41, 5.74) is 0.523. The van der Waals surface area contributed by atoms with E-state index in [9.17, 15) is 15.2 Å². The minimum atomic E-state index is -0.879. The van der Waals surface area contributed by atoms with Gasteiger partial charge in [-0.1, -0.05) is 0 Å². The molecule has 0 fully saturated rings. The third-order valence-electron chi connectivity index (χ3n) is 2.66. The minimum absolute atomic E-state index is 0.0219. The number of hydrogen-bond acceptors (Lipinski definition) is 5. The molecule has 0 saturated carbocycles. The molecule has 1 aromatic carbocycles. The van der Waals surface area contributed by atoms with Crippen molar-refractivity contribution < 1.29 is 15.1 Å². The second-order valence-corrected chi connectivity index (χ2v) is 4.01. The largest absolute Gasteiger partial charge is 0.395 e. The number of aliphatic hydroxyl groups is 2. The Balaban J connectivity index is 2.88. The zero-order valence-corrected chi connectivity index (χ0v) is 9.78. The average molecular weight is 240 g/mol. The molecule has 0 heterocycles. The summed E-state index contributed by atoms with van der Waals surface area (Å²) in [7, 11) is 3.49. The molecule has 2 atom stereocenters. The Labute approximate surface area is 99.3 Å². The molecule has 0 aromatic heterocycles. The van der Waals surface area contributed by atoms with Crippen molar-refractivity contribution in [2.45, 2.75) is 12.1 Å². The molecule has 0 spiro atoms. The van der Waals surface area contributed by atoms with Gasteiger partial charge in [0.1, 0.15) is 0 Å². The van der Waals surface area contributed by atoms with Crippen molar-refractivity contribution in [2.24, 2.45) is 0 Å². The summed E-state index contributed by atoms with van der Waals surface area (Å²) < 4.78 is 0. The first-order valence-electron chi connectivity index (χ1n) is 5.17. The maximum Gasteiger partial charge on any atom is 0.269 e. The van der Waals surface area contributed by atoms with Gasteiger partial charge in [-0.3, -0.25) is 10.1 Å². The maximum absolute atomic E-state index is 10.5. The predicted octanol–water partition coefficient (Wildman–Crippen LogP) is 0.551. The zero-order valence-electron chi connectivity index (χ0n) is 9.78. The van der Waals surface area contributed by atoms with Gasteiger partial charge in [-0.05, 0) is 31.8 Å². The molecule has 0 aliphatic heterocycles. The third-order valence-corrected chi connectivity index (χ3v) is 2.66. The molecular formula is C11H16N2O4. The van der Waals surface area contributed by atoms with Crippen LogP contribution < -0.4 is 0 Å². The third kappa shape index (κ3) is 3.23. The first-order chi connectivity index (χ1) is 7.97. The van der Waals surface area contributed by atoms with Gasteiger partial charge in [0.05, 0.1) is 23.7 Å². The van der Waals surface area contributed by atoms with Crippen molar-refractivity contribution in [3.63, 3.8) is 0 Å². The van der Waals surface area contributed by atoms with Gasteiger partial charge in [0.15, 0.2) is 0 Å². The molecule has 2 N–H and O–H groups in total. The summed E-state index contributed by atoms with van der Waals surface area (Å²) >= 11 is 0. The van der Waals surface area contributed by atoms with Crippen molar-refractivity contribution >= 4 is 5.69 Å². The molecule has 0 amide bonds. The van der Waals surface area contributed by atoms with E-state index in [2.05, 4.69) is 0 Å². The minimum Gasteiger partial charge on any atom is -0.395 e. The van der Waals surface area contributed by atoms with E-state index in [0.717, 1.165) is 0 Å². The molecule has 1 rings (SSSR count). The fraction of sp³-hybridized carbons (Fsp3) is 0.455. The molecule has 0 aliphatic rings. The monoisotopic (exact) mass is 240 g/mol. The van der Waals surface area contributed by atoms with Gasteiger partial charge in [0.25, 0.3) is 5.69 Å². The number of aliphatic hydroxyl groups excluding tert-OH is 2. The Hall–Kier alpha value is -1.50. The van der Waals surface area contributed by atoms with Crippen LogP contribution in [0.5, 0.6) is 0 Å². The van der Waals surface area contributed by atoms with Crippen LogP contribution in [0.15, 0.2) is 24.3 Å². The molecule has 0 saturated heterocycles. The lowest BCUT2D eigenvalue weighted by atomic mass is 10.0. The normalized spacial score (nSPS) is 14.6. The summed E-state index contributed by atoms with van der Waals surface area (Å²) in [6.07, 6.45) is -0.879. The van der Waals surface area contributed by atoms with E-state index in [-0.39, 0.29) is 12.3 Å². The van der Waals surface area contributed by atoms with Crippen molar-refractivity contribution in [1.82, 2.24) is 4.90 Å². The Morgan fingerprint density at radius 2 is 1.88 bits per heavy atom. The molecule has 0 bridgehead atoms. The molecule has 0 aliphatic carbocycles. The van der Waals surface area contributed by atoms with Crippen LogP contribution >= 0.6 is 0 Å². The number of nitrogens with zero attached hydrogens (tertiary/aromatic N) is 2. The van der Waals surface area contributed by atoms with Crippen LogP contribution in [-0.2, 0) is 0 Å². The van der Waals surface area contributed by atoms with Crippen LogP contribution in [0.4, 0.5) is 5.69 Å². The van der Waals surface area contributed by atoms with Crippen molar-refractivity contribution in [1.29, 1.82) is 0 Å². The highest BCUT2D eigenvalue weighted by Crippen LogP contribution is 2.22. The average Bonchev–Trinajstić information content (AvgIpc) is 2.29. The standard InChI is InChI=1S/C11H16N2O4/c1-12(2)10(7-14)11(15)8-3-5-9(6-4-8)13(16)17/h3-6,10-11,14-15H,7H2,1-2H3/t10-,11-/m1/s1. The van der Waals surface area contributed by atoms with Gasteiger partial charge in [-0.15, -0.1) is 0 Å². The molecule has 6 nitrogen and oxygen atoms in total. The molecule has 1 aromatic rings. The SMILES string of the molecule is CN(C)[C@H](CO)[C@H](O)c1ccc([N+](=O)[O-])cc1. The van der Waals surface area contributed by atoms with Crippen LogP contribution in [0.25, 0.3) is 0 Å². The Bertz CT molecular complexity index is 378. The lowest BCUT2D eigenvalue weighted by Gasteiger charge is -2.27. The first kappa shape index (κ1) is 13.6. The molecule has 0 unspecified atom stereocenters. The fourth-order valence-corrected chi connectivity index (χ4v) is 1.56. The van der Waals surface area contributed by atoms with Gasteiger partial charge in [-0.25, -0.2) is 0 Å². The molecule has 17 heavy (non-hydrogen) atoms. The highest BCUT2D eigenvalue weighted by Gasteiger charge is 2.22. The van der Waals surface area contributed by atoms with E-state index in [1.807, 2.05) is 0 Å². The van der Waals surface area contributed by atoms with Crippen LogP contribution in [0.3, 0.4) is 0 Å². The molecule has 94 valence electrons. The van der Waals surface area contributed by atoms with E-state index >= 15 is 0 Å². The summed E-state index contributed by atoms with van der Waals surface area (Å²) in [6, 6.07) is 5.23. The lowest BCUT2D eigenvalue weighted by molar-refractivity contribution is -0.384. The Kier molecular flexibility index (Phi) is 4.56. The number of rotatable bonds is 5. The van der Waals surface area contributed by atoms with E-state index in [1.54, 1.807) is 19.0 Å². The predicted molar refractivity (Wildman–Crippen MR) is 62.6 cm³/mol. The number of non-ortho nitro benzene ring substituents is 1. The fourth-order valence-electron chi connectivity index (χ4n) is 1.56. The second-order valence-electron chi connectivity index (χ2n) is 4.01. The number of hydrogen-bond donors (Lipinski definition) is 2.